The van der Waals surface area contributed by atoms with E-state index < -0.39 is 6.03 Å². The monoisotopic (exact) mass is 362 g/mol. The van der Waals surface area contributed by atoms with Crippen LogP contribution in [0.25, 0.3) is 0 Å². The fourth-order valence-electron chi connectivity index (χ4n) is 3.15. The van der Waals surface area contributed by atoms with E-state index in [1.807, 2.05) is 26.0 Å². The minimum atomic E-state index is -0.545. The molecular weight excluding hydrogens is 334 g/mol. The number of esters is 1. The molecular formula is C19H28N3O4+. The van der Waals surface area contributed by atoms with Gasteiger partial charge in [-0.3, -0.25) is 14.9 Å². The molecule has 0 aliphatic carbocycles. The lowest BCUT2D eigenvalue weighted by Crippen LogP contribution is -3.14. The third-order valence-electron chi connectivity index (χ3n) is 4.67. The van der Waals surface area contributed by atoms with Gasteiger partial charge < -0.3 is 15.0 Å². The lowest BCUT2D eigenvalue weighted by atomic mass is 9.98. The molecule has 0 bridgehead atoms. The minimum absolute atomic E-state index is 0.163. The summed E-state index contributed by atoms with van der Waals surface area (Å²) in [4.78, 5) is 37.0. The number of amides is 3. The molecule has 1 heterocycles. The lowest BCUT2D eigenvalue weighted by Gasteiger charge is -2.28. The second-order valence-corrected chi connectivity index (χ2v) is 6.77. The number of anilines is 1. The SMILES string of the molecule is CCOC(=O)[C@H]1CCC[NH+](CC(=O)NC(=O)Nc2ccc(C)c(C)c2)C1. The van der Waals surface area contributed by atoms with E-state index in [4.69, 9.17) is 4.74 Å². The predicted octanol–water partition coefficient (Wildman–Crippen LogP) is 0.810. The Morgan fingerprint density at radius 3 is 2.69 bits per heavy atom. The van der Waals surface area contributed by atoms with Crippen molar-refractivity contribution in [2.45, 2.75) is 33.6 Å². The molecule has 0 radical (unpaired) electrons. The number of likely N-dealkylation sites (tertiary alicyclic amines) is 1. The van der Waals surface area contributed by atoms with Crippen LogP contribution in [0.15, 0.2) is 18.2 Å². The number of ether oxygens (including phenoxy) is 1. The molecule has 0 aromatic heterocycles. The summed E-state index contributed by atoms with van der Waals surface area (Å²) in [5, 5.41) is 5.02. The summed E-state index contributed by atoms with van der Waals surface area (Å²) in [7, 11) is 0. The first-order valence-corrected chi connectivity index (χ1v) is 9.07. The van der Waals surface area contributed by atoms with Crippen LogP contribution in [0.3, 0.4) is 0 Å². The summed E-state index contributed by atoms with van der Waals surface area (Å²) >= 11 is 0. The molecule has 1 unspecified atom stereocenters. The molecule has 1 aromatic rings. The molecule has 0 spiro atoms. The zero-order valence-electron chi connectivity index (χ0n) is 15.7. The summed E-state index contributed by atoms with van der Waals surface area (Å²) in [5.74, 6) is -0.723. The van der Waals surface area contributed by atoms with E-state index in [9.17, 15) is 14.4 Å². The maximum atomic E-state index is 12.1. The molecule has 26 heavy (non-hydrogen) atoms. The van der Waals surface area contributed by atoms with Gasteiger partial charge in [-0.15, -0.1) is 0 Å². The van der Waals surface area contributed by atoms with Gasteiger partial charge in [-0.05, 0) is 56.9 Å². The fourth-order valence-corrected chi connectivity index (χ4v) is 3.15. The Hall–Kier alpha value is -2.41. The number of piperidine rings is 1. The standard InChI is InChI=1S/C19H27N3O4/c1-4-26-18(24)15-6-5-9-22(11-15)12-17(23)21-19(25)20-16-8-7-13(2)14(3)10-16/h7-8,10,15H,4-6,9,11-12H2,1-3H3,(H2,20,21,23,25)/p+1/t15-/m0/s1. The van der Waals surface area contributed by atoms with Crippen molar-refractivity contribution in [2.75, 3.05) is 31.6 Å². The van der Waals surface area contributed by atoms with Crippen LogP contribution in [0.4, 0.5) is 10.5 Å². The van der Waals surface area contributed by atoms with Gasteiger partial charge in [0.25, 0.3) is 5.91 Å². The highest BCUT2D eigenvalue weighted by Gasteiger charge is 2.31. The third kappa shape index (κ3) is 5.84. The number of quaternary nitrogens is 1. The second kappa shape index (κ2) is 9.33. The Kier molecular flexibility index (Phi) is 7.15. The van der Waals surface area contributed by atoms with Crippen molar-refractivity contribution in [3.63, 3.8) is 0 Å². The van der Waals surface area contributed by atoms with Crippen molar-refractivity contribution in [1.29, 1.82) is 0 Å². The first kappa shape index (κ1) is 19.9. The minimum Gasteiger partial charge on any atom is -0.466 e. The number of nitrogens with one attached hydrogen (secondary N) is 3. The molecule has 3 amide bonds. The molecule has 1 aromatic carbocycles. The lowest BCUT2D eigenvalue weighted by molar-refractivity contribution is -0.899. The van der Waals surface area contributed by atoms with Crippen LogP contribution in [0.5, 0.6) is 0 Å². The quantitative estimate of drug-likeness (QED) is 0.677. The van der Waals surface area contributed by atoms with Crippen molar-refractivity contribution in [3.05, 3.63) is 29.3 Å². The Morgan fingerprint density at radius 2 is 2.00 bits per heavy atom. The van der Waals surface area contributed by atoms with Gasteiger partial charge >= 0.3 is 12.0 Å². The molecule has 142 valence electrons. The van der Waals surface area contributed by atoms with E-state index in [-0.39, 0.29) is 24.3 Å². The van der Waals surface area contributed by atoms with Crippen molar-refractivity contribution in [2.24, 2.45) is 5.92 Å². The Labute approximate surface area is 154 Å². The number of aryl methyl sites for hydroxylation is 2. The number of imide groups is 1. The van der Waals surface area contributed by atoms with Gasteiger partial charge in [-0.1, -0.05) is 6.07 Å². The number of hydrogen-bond donors (Lipinski definition) is 3. The van der Waals surface area contributed by atoms with E-state index in [0.29, 0.717) is 18.8 Å². The Morgan fingerprint density at radius 1 is 1.23 bits per heavy atom. The van der Waals surface area contributed by atoms with Gasteiger partial charge in [0.05, 0.1) is 19.7 Å². The van der Waals surface area contributed by atoms with Crippen LogP contribution in [0.2, 0.25) is 0 Å². The largest absolute Gasteiger partial charge is 0.466 e. The Balaban J connectivity index is 1.80. The molecule has 0 saturated carbocycles. The number of carbonyl (C=O) groups excluding carboxylic acids is 3. The first-order valence-electron chi connectivity index (χ1n) is 9.07. The summed E-state index contributed by atoms with van der Waals surface area (Å²) in [6.07, 6.45) is 1.65. The average Bonchev–Trinajstić information content (AvgIpc) is 2.58. The van der Waals surface area contributed by atoms with E-state index in [0.717, 1.165) is 35.4 Å². The maximum absolute atomic E-state index is 12.1. The fraction of sp³-hybridized carbons (Fsp3) is 0.526. The van der Waals surface area contributed by atoms with Gasteiger partial charge in [0, 0.05) is 5.69 Å². The molecule has 1 saturated heterocycles. The summed E-state index contributed by atoms with van der Waals surface area (Å²) in [6.45, 7) is 7.64. The average molecular weight is 362 g/mol. The Bertz CT molecular complexity index is 675. The van der Waals surface area contributed by atoms with Gasteiger partial charge in [0.15, 0.2) is 6.54 Å². The molecule has 7 heteroatoms. The summed E-state index contributed by atoms with van der Waals surface area (Å²) in [5.41, 5.74) is 2.85. The van der Waals surface area contributed by atoms with E-state index in [1.165, 1.54) is 0 Å². The van der Waals surface area contributed by atoms with E-state index in [1.54, 1.807) is 13.0 Å². The maximum Gasteiger partial charge on any atom is 0.326 e. The molecule has 2 rings (SSSR count). The van der Waals surface area contributed by atoms with Gasteiger partial charge in [0.2, 0.25) is 0 Å². The summed E-state index contributed by atoms with van der Waals surface area (Å²) in [6, 6.07) is 5.03. The first-order chi connectivity index (χ1) is 12.4. The van der Waals surface area contributed by atoms with Gasteiger partial charge in [-0.2, -0.15) is 0 Å². The highest BCUT2D eigenvalue weighted by molar-refractivity contribution is 6.01. The van der Waals surface area contributed by atoms with Crippen LogP contribution >= 0.6 is 0 Å². The van der Waals surface area contributed by atoms with Crippen molar-refractivity contribution in [3.8, 4) is 0 Å². The molecule has 7 nitrogen and oxygen atoms in total. The molecule has 1 aliphatic heterocycles. The third-order valence-corrected chi connectivity index (χ3v) is 4.67. The van der Waals surface area contributed by atoms with E-state index in [2.05, 4.69) is 10.6 Å². The van der Waals surface area contributed by atoms with Crippen LogP contribution in [-0.2, 0) is 14.3 Å². The van der Waals surface area contributed by atoms with Crippen LogP contribution in [0, 0.1) is 19.8 Å². The van der Waals surface area contributed by atoms with Crippen LogP contribution < -0.4 is 15.5 Å². The number of benzene rings is 1. The highest BCUT2D eigenvalue weighted by Crippen LogP contribution is 2.13. The molecule has 1 fully saturated rings. The van der Waals surface area contributed by atoms with Crippen LogP contribution in [-0.4, -0.2) is 44.1 Å². The molecule has 2 atom stereocenters. The van der Waals surface area contributed by atoms with Gasteiger partial charge in [0.1, 0.15) is 5.92 Å². The molecule has 3 N–H and O–H groups in total. The predicted molar refractivity (Wildman–Crippen MR) is 98.0 cm³/mol. The second-order valence-electron chi connectivity index (χ2n) is 6.77. The number of urea groups is 1. The van der Waals surface area contributed by atoms with Crippen LogP contribution in [0.1, 0.15) is 30.9 Å². The number of hydrogen-bond acceptors (Lipinski definition) is 4. The number of rotatable bonds is 5. The molecule has 1 aliphatic rings. The highest BCUT2D eigenvalue weighted by atomic mass is 16.5. The van der Waals surface area contributed by atoms with Crippen molar-refractivity contribution >= 4 is 23.6 Å². The van der Waals surface area contributed by atoms with Gasteiger partial charge in [-0.25, -0.2) is 4.79 Å². The van der Waals surface area contributed by atoms with Crippen molar-refractivity contribution < 1.29 is 24.0 Å². The topological polar surface area (TPSA) is 88.9 Å². The van der Waals surface area contributed by atoms with E-state index >= 15 is 0 Å². The zero-order chi connectivity index (χ0) is 19.1. The smallest absolute Gasteiger partial charge is 0.326 e. The summed E-state index contributed by atoms with van der Waals surface area (Å²) < 4.78 is 5.07. The normalized spacial score (nSPS) is 19.5. The zero-order valence-corrected chi connectivity index (χ0v) is 15.7. The van der Waals surface area contributed by atoms with Crippen molar-refractivity contribution in [1.82, 2.24) is 5.32 Å². The number of carbonyl (C=O) groups is 3.